The molecule has 0 fully saturated rings. The average molecular weight is 221 g/mol. The van der Waals surface area contributed by atoms with E-state index in [-0.39, 0.29) is 5.56 Å². The quantitative estimate of drug-likeness (QED) is 0.652. The molecule has 3 heterocycles. The Morgan fingerprint density at radius 1 is 1.60 bits per heavy atom. The fraction of sp³-hybridized carbons (Fsp3) is 0.250. The monoisotopic (exact) mass is 221 g/mol. The van der Waals surface area contributed by atoms with Crippen molar-refractivity contribution in [3.8, 4) is 0 Å². The summed E-state index contributed by atoms with van der Waals surface area (Å²) in [7, 11) is 0. The van der Waals surface area contributed by atoms with Crippen molar-refractivity contribution in [2.75, 3.05) is 0 Å². The Morgan fingerprint density at radius 3 is 3.27 bits per heavy atom. The van der Waals surface area contributed by atoms with E-state index in [4.69, 9.17) is 0 Å². The van der Waals surface area contributed by atoms with Gasteiger partial charge in [0.05, 0.1) is 6.20 Å². The summed E-state index contributed by atoms with van der Waals surface area (Å²) in [5, 5.41) is 11.4. The van der Waals surface area contributed by atoms with E-state index in [1.165, 1.54) is 11.3 Å². The molecule has 0 saturated carbocycles. The molecule has 7 heteroatoms. The molecule has 3 aromatic heterocycles. The number of rotatable bonds is 1. The number of H-pyrrole nitrogens is 1. The zero-order chi connectivity index (χ0) is 10.4. The molecule has 0 aliphatic carbocycles. The number of aryl methyl sites for hydroxylation is 1. The normalized spacial score (nSPS) is 11.5. The van der Waals surface area contributed by atoms with Gasteiger partial charge in [0.2, 0.25) is 4.96 Å². The SMILES string of the molecule is CCc1nn2c(nc3c(=O)[nH]ncc32)s1. The van der Waals surface area contributed by atoms with Crippen molar-refractivity contribution in [3.63, 3.8) is 0 Å². The Labute approximate surface area is 87.6 Å². The Hall–Kier alpha value is -1.76. The molecule has 0 bridgehead atoms. The van der Waals surface area contributed by atoms with Gasteiger partial charge in [-0.3, -0.25) is 4.79 Å². The maximum Gasteiger partial charge on any atom is 0.292 e. The lowest BCUT2D eigenvalue weighted by Gasteiger charge is -1.86. The Balaban J connectivity index is 2.51. The molecule has 0 amide bonds. The minimum atomic E-state index is -0.275. The van der Waals surface area contributed by atoms with Crippen LogP contribution in [0.3, 0.4) is 0 Å². The number of hydrogen-bond acceptors (Lipinski definition) is 5. The number of aromatic nitrogens is 5. The summed E-state index contributed by atoms with van der Waals surface area (Å²) in [6.07, 6.45) is 2.43. The topological polar surface area (TPSA) is 75.9 Å². The van der Waals surface area contributed by atoms with E-state index < -0.39 is 0 Å². The molecule has 0 radical (unpaired) electrons. The van der Waals surface area contributed by atoms with Gasteiger partial charge in [0.25, 0.3) is 5.56 Å². The zero-order valence-corrected chi connectivity index (χ0v) is 8.71. The van der Waals surface area contributed by atoms with E-state index in [1.807, 2.05) is 6.92 Å². The van der Waals surface area contributed by atoms with Gasteiger partial charge in [0, 0.05) is 0 Å². The van der Waals surface area contributed by atoms with Crippen molar-refractivity contribution in [2.45, 2.75) is 13.3 Å². The molecule has 76 valence electrons. The summed E-state index contributed by atoms with van der Waals surface area (Å²) >= 11 is 1.49. The smallest absolute Gasteiger partial charge is 0.265 e. The van der Waals surface area contributed by atoms with Crippen LogP contribution in [0.1, 0.15) is 11.9 Å². The van der Waals surface area contributed by atoms with Crippen LogP contribution < -0.4 is 5.56 Å². The van der Waals surface area contributed by atoms with Crippen molar-refractivity contribution >= 4 is 27.3 Å². The number of fused-ring (bicyclic) bond motifs is 3. The number of nitrogens with zero attached hydrogens (tertiary/aromatic N) is 4. The maximum absolute atomic E-state index is 11.4. The molecule has 0 aliphatic rings. The molecule has 0 aromatic carbocycles. The maximum atomic E-state index is 11.4. The summed E-state index contributed by atoms with van der Waals surface area (Å²) in [5.41, 5.74) is 0.777. The van der Waals surface area contributed by atoms with E-state index in [0.717, 1.165) is 16.4 Å². The predicted octanol–water partition coefficient (Wildman–Crippen LogP) is 0.590. The van der Waals surface area contributed by atoms with E-state index >= 15 is 0 Å². The van der Waals surface area contributed by atoms with Crippen LogP contribution in [0.15, 0.2) is 11.0 Å². The van der Waals surface area contributed by atoms with Crippen molar-refractivity contribution in [1.82, 2.24) is 24.8 Å². The number of hydrogen-bond donors (Lipinski definition) is 1. The van der Waals surface area contributed by atoms with Crippen LogP contribution in [0.5, 0.6) is 0 Å². The molecular weight excluding hydrogens is 214 g/mol. The number of nitrogens with one attached hydrogen (secondary N) is 1. The van der Waals surface area contributed by atoms with Gasteiger partial charge in [-0.05, 0) is 6.42 Å². The highest BCUT2D eigenvalue weighted by Gasteiger charge is 2.11. The second kappa shape index (κ2) is 2.86. The molecule has 0 unspecified atom stereocenters. The van der Waals surface area contributed by atoms with Crippen LogP contribution in [0, 0.1) is 0 Å². The van der Waals surface area contributed by atoms with Crippen LogP contribution in [-0.4, -0.2) is 24.8 Å². The molecule has 0 aliphatic heterocycles. The van der Waals surface area contributed by atoms with Gasteiger partial charge in [-0.25, -0.2) is 14.6 Å². The number of aromatic amines is 1. The lowest BCUT2D eigenvalue weighted by atomic mass is 10.5. The minimum absolute atomic E-state index is 0.275. The predicted molar refractivity (Wildman–Crippen MR) is 56.2 cm³/mol. The molecule has 1 N–H and O–H groups in total. The number of imidazole rings is 1. The van der Waals surface area contributed by atoms with Crippen LogP contribution in [0.25, 0.3) is 16.0 Å². The Kier molecular flexibility index (Phi) is 1.63. The largest absolute Gasteiger partial charge is 0.292 e. The lowest BCUT2D eigenvalue weighted by molar-refractivity contribution is 0.924. The second-order valence-corrected chi connectivity index (χ2v) is 4.13. The Morgan fingerprint density at radius 2 is 2.47 bits per heavy atom. The first kappa shape index (κ1) is 8.54. The first-order valence-electron chi connectivity index (χ1n) is 4.51. The highest BCUT2D eigenvalue weighted by Crippen LogP contribution is 2.18. The third kappa shape index (κ3) is 1.09. The molecular formula is C8H7N5OS. The van der Waals surface area contributed by atoms with Crippen molar-refractivity contribution in [3.05, 3.63) is 21.6 Å². The van der Waals surface area contributed by atoms with Gasteiger partial charge in [-0.2, -0.15) is 10.2 Å². The van der Waals surface area contributed by atoms with Crippen LogP contribution in [0.4, 0.5) is 0 Å². The highest BCUT2D eigenvalue weighted by atomic mass is 32.1. The van der Waals surface area contributed by atoms with E-state index in [2.05, 4.69) is 20.3 Å². The van der Waals surface area contributed by atoms with E-state index in [9.17, 15) is 4.79 Å². The first-order valence-corrected chi connectivity index (χ1v) is 5.33. The van der Waals surface area contributed by atoms with Crippen molar-refractivity contribution < 1.29 is 0 Å². The van der Waals surface area contributed by atoms with Gasteiger partial charge >= 0.3 is 0 Å². The summed E-state index contributed by atoms with van der Waals surface area (Å²) in [6.45, 7) is 2.03. The highest BCUT2D eigenvalue weighted by molar-refractivity contribution is 7.16. The first-order chi connectivity index (χ1) is 7.29. The summed E-state index contributed by atoms with van der Waals surface area (Å²) in [4.78, 5) is 16.3. The Bertz CT molecular complexity index is 694. The molecule has 0 spiro atoms. The van der Waals surface area contributed by atoms with Crippen LogP contribution >= 0.6 is 11.3 Å². The molecule has 0 saturated heterocycles. The van der Waals surface area contributed by atoms with Gasteiger partial charge in [-0.15, -0.1) is 0 Å². The van der Waals surface area contributed by atoms with Crippen LogP contribution in [0.2, 0.25) is 0 Å². The summed E-state index contributed by atoms with van der Waals surface area (Å²) in [5.74, 6) is 0. The minimum Gasteiger partial charge on any atom is -0.265 e. The van der Waals surface area contributed by atoms with Gasteiger partial charge in [0.15, 0.2) is 5.52 Å². The van der Waals surface area contributed by atoms with E-state index in [0.29, 0.717) is 11.0 Å². The standard InChI is InChI=1S/C8H7N5OS/c1-2-5-12-13-4-3-9-11-7(14)6(4)10-8(13)15-5/h3H,2H2,1H3,(H,11,14). The van der Waals surface area contributed by atoms with Gasteiger partial charge in [-0.1, -0.05) is 18.3 Å². The van der Waals surface area contributed by atoms with E-state index in [1.54, 1.807) is 10.7 Å². The molecule has 3 rings (SSSR count). The second-order valence-electron chi connectivity index (χ2n) is 3.09. The fourth-order valence-electron chi connectivity index (χ4n) is 1.43. The molecule has 3 aromatic rings. The van der Waals surface area contributed by atoms with Gasteiger partial charge in [0.1, 0.15) is 10.5 Å². The van der Waals surface area contributed by atoms with Crippen LogP contribution in [-0.2, 0) is 6.42 Å². The van der Waals surface area contributed by atoms with Crippen molar-refractivity contribution in [2.24, 2.45) is 0 Å². The lowest BCUT2D eigenvalue weighted by Crippen LogP contribution is -2.07. The fourth-order valence-corrected chi connectivity index (χ4v) is 2.27. The zero-order valence-electron chi connectivity index (χ0n) is 7.89. The van der Waals surface area contributed by atoms with Crippen molar-refractivity contribution in [1.29, 1.82) is 0 Å². The summed E-state index contributed by atoms with van der Waals surface area (Å²) < 4.78 is 1.67. The molecule has 0 atom stereocenters. The third-order valence-corrected chi connectivity index (χ3v) is 3.20. The summed E-state index contributed by atoms with van der Waals surface area (Å²) in [6, 6.07) is 0. The third-order valence-electron chi connectivity index (χ3n) is 2.15. The average Bonchev–Trinajstić information content (AvgIpc) is 2.76. The molecule has 15 heavy (non-hydrogen) atoms. The van der Waals surface area contributed by atoms with Gasteiger partial charge < -0.3 is 0 Å². The molecule has 6 nitrogen and oxygen atoms in total.